The van der Waals surface area contributed by atoms with Gasteiger partial charge in [0, 0.05) is 12.4 Å². The molecule has 0 aromatic carbocycles. The molecule has 2 aromatic heterocycles. The van der Waals surface area contributed by atoms with Crippen LogP contribution >= 0.6 is 0 Å². The summed E-state index contributed by atoms with van der Waals surface area (Å²) >= 11 is 0. The van der Waals surface area contributed by atoms with Crippen LogP contribution in [-0.4, -0.2) is 20.7 Å². The molecule has 0 aliphatic carbocycles. The van der Waals surface area contributed by atoms with Crippen LogP contribution in [0, 0.1) is 0 Å². The predicted octanol–water partition coefficient (Wildman–Crippen LogP) is 2.17. The Morgan fingerprint density at radius 3 is 2.71 bits per heavy atom. The monoisotopic (exact) mass is 298 g/mol. The first kappa shape index (κ1) is 15.0. The lowest BCUT2D eigenvalue weighted by Gasteiger charge is -2.12. The lowest BCUT2D eigenvalue weighted by Crippen LogP contribution is -2.31. The molecule has 1 atom stereocenters. The topological polar surface area (TPSA) is 59.8 Å². The van der Waals surface area contributed by atoms with Crippen LogP contribution in [0.4, 0.5) is 13.2 Å². The number of pyridine rings is 1. The SMILES string of the molecule is C[C@@H](C(=O)NCc1ccccn1)n1ccc(C(F)(F)F)n1. The van der Waals surface area contributed by atoms with E-state index in [0.717, 1.165) is 16.9 Å². The smallest absolute Gasteiger partial charge is 0.349 e. The van der Waals surface area contributed by atoms with Gasteiger partial charge in [-0.25, -0.2) is 0 Å². The van der Waals surface area contributed by atoms with E-state index in [1.165, 1.54) is 6.92 Å². The van der Waals surface area contributed by atoms with Crippen molar-refractivity contribution in [1.82, 2.24) is 20.1 Å². The molecule has 2 rings (SSSR count). The maximum absolute atomic E-state index is 12.5. The zero-order valence-electron chi connectivity index (χ0n) is 11.1. The molecule has 0 unspecified atom stereocenters. The van der Waals surface area contributed by atoms with Gasteiger partial charge in [0.2, 0.25) is 5.91 Å². The Balaban J connectivity index is 1.98. The quantitative estimate of drug-likeness (QED) is 0.941. The third kappa shape index (κ3) is 3.80. The van der Waals surface area contributed by atoms with Crippen LogP contribution in [0.1, 0.15) is 24.4 Å². The van der Waals surface area contributed by atoms with Gasteiger partial charge in [-0.1, -0.05) is 6.07 Å². The van der Waals surface area contributed by atoms with E-state index >= 15 is 0 Å². The van der Waals surface area contributed by atoms with E-state index in [1.54, 1.807) is 24.4 Å². The lowest BCUT2D eigenvalue weighted by atomic mass is 10.3. The van der Waals surface area contributed by atoms with E-state index in [-0.39, 0.29) is 6.54 Å². The molecular formula is C13H13F3N4O. The van der Waals surface area contributed by atoms with Crippen molar-refractivity contribution in [2.45, 2.75) is 25.7 Å². The summed E-state index contributed by atoms with van der Waals surface area (Å²) in [5, 5.41) is 5.97. The van der Waals surface area contributed by atoms with Gasteiger partial charge in [-0.15, -0.1) is 0 Å². The Labute approximate surface area is 118 Å². The highest BCUT2D eigenvalue weighted by Crippen LogP contribution is 2.27. The van der Waals surface area contributed by atoms with Crippen molar-refractivity contribution in [1.29, 1.82) is 0 Å². The molecule has 0 saturated heterocycles. The molecule has 0 aliphatic heterocycles. The van der Waals surface area contributed by atoms with Gasteiger partial charge >= 0.3 is 6.18 Å². The van der Waals surface area contributed by atoms with E-state index in [1.807, 2.05) is 0 Å². The van der Waals surface area contributed by atoms with Crippen molar-refractivity contribution in [2.75, 3.05) is 0 Å². The molecular weight excluding hydrogens is 285 g/mol. The second kappa shape index (κ2) is 5.94. The molecule has 0 radical (unpaired) electrons. The molecule has 0 aliphatic rings. The number of rotatable bonds is 4. The maximum Gasteiger partial charge on any atom is 0.435 e. The Hall–Kier alpha value is -2.38. The number of carbonyl (C=O) groups is 1. The molecule has 2 aromatic rings. The normalized spacial score (nSPS) is 13.0. The molecule has 21 heavy (non-hydrogen) atoms. The molecule has 1 amide bonds. The van der Waals surface area contributed by atoms with Gasteiger partial charge in [0.15, 0.2) is 5.69 Å². The Bertz CT molecular complexity index is 609. The standard InChI is InChI=1S/C13H13F3N4O/c1-9(20-7-5-11(19-20)13(14,15)16)12(21)18-8-10-4-2-3-6-17-10/h2-7,9H,8H2,1H3,(H,18,21)/t9-/m0/s1. The number of amides is 1. The summed E-state index contributed by atoms with van der Waals surface area (Å²) in [6, 6.07) is 5.25. The number of hydrogen-bond donors (Lipinski definition) is 1. The van der Waals surface area contributed by atoms with E-state index < -0.39 is 23.8 Å². The molecule has 2 heterocycles. The van der Waals surface area contributed by atoms with Crippen molar-refractivity contribution in [3.63, 3.8) is 0 Å². The minimum atomic E-state index is -4.52. The molecule has 0 fully saturated rings. The average molecular weight is 298 g/mol. The number of nitrogens with zero attached hydrogens (tertiary/aromatic N) is 3. The van der Waals surface area contributed by atoms with Crippen LogP contribution < -0.4 is 5.32 Å². The number of nitrogens with one attached hydrogen (secondary N) is 1. The summed E-state index contributed by atoms with van der Waals surface area (Å²) in [5.74, 6) is -0.433. The van der Waals surface area contributed by atoms with E-state index in [9.17, 15) is 18.0 Å². The summed E-state index contributed by atoms with van der Waals surface area (Å²) in [4.78, 5) is 15.9. The highest BCUT2D eigenvalue weighted by molar-refractivity contribution is 5.79. The third-order valence-electron chi connectivity index (χ3n) is 2.84. The van der Waals surface area contributed by atoms with Crippen molar-refractivity contribution < 1.29 is 18.0 Å². The number of hydrogen-bond acceptors (Lipinski definition) is 3. The number of aromatic nitrogens is 3. The fourth-order valence-corrected chi connectivity index (χ4v) is 1.65. The fraction of sp³-hybridized carbons (Fsp3) is 0.308. The predicted molar refractivity (Wildman–Crippen MR) is 68.0 cm³/mol. The maximum atomic E-state index is 12.5. The van der Waals surface area contributed by atoms with Gasteiger partial charge in [-0.3, -0.25) is 14.5 Å². The van der Waals surface area contributed by atoms with Crippen LogP contribution in [0.15, 0.2) is 36.7 Å². The van der Waals surface area contributed by atoms with Crippen molar-refractivity contribution in [3.05, 3.63) is 48.0 Å². The van der Waals surface area contributed by atoms with Gasteiger partial charge in [0.1, 0.15) is 6.04 Å². The second-order valence-corrected chi connectivity index (χ2v) is 4.39. The number of halogens is 3. The van der Waals surface area contributed by atoms with Gasteiger partial charge in [0.25, 0.3) is 0 Å². The molecule has 0 spiro atoms. The minimum absolute atomic E-state index is 0.206. The van der Waals surface area contributed by atoms with Crippen molar-refractivity contribution >= 4 is 5.91 Å². The van der Waals surface area contributed by atoms with E-state index in [2.05, 4.69) is 15.4 Å². The molecule has 0 bridgehead atoms. The molecule has 5 nitrogen and oxygen atoms in total. The molecule has 8 heteroatoms. The van der Waals surface area contributed by atoms with E-state index in [4.69, 9.17) is 0 Å². The molecule has 112 valence electrons. The number of carbonyl (C=O) groups excluding carboxylic acids is 1. The summed E-state index contributed by atoms with van der Waals surface area (Å²) in [6.07, 6.45) is -1.79. The zero-order chi connectivity index (χ0) is 15.5. The highest BCUT2D eigenvalue weighted by atomic mass is 19.4. The largest absolute Gasteiger partial charge is 0.435 e. The molecule has 0 saturated carbocycles. The van der Waals surface area contributed by atoms with Gasteiger partial charge in [-0.05, 0) is 25.1 Å². The first-order valence-corrected chi connectivity index (χ1v) is 6.18. The highest BCUT2D eigenvalue weighted by Gasteiger charge is 2.34. The van der Waals surface area contributed by atoms with Gasteiger partial charge in [-0.2, -0.15) is 18.3 Å². The van der Waals surface area contributed by atoms with Gasteiger partial charge < -0.3 is 5.32 Å². The van der Waals surface area contributed by atoms with Crippen molar-refractivity contribution in [2.24, 2.45) is 0 Å². The Morgan fingerprint density at radius 1 is 1.38 bits per heavy atom. The van der Waals surface area contributed by atoms with E-state index in [0.29, 0.717) is 5.69 Å². The van der Waals surface area contributed by atoms with Crippen LogP contribution in [0.3, 0.4) is 0 Å². The fourth-order valence-electron chi connectivity index (χ4n) is 1.65. The van der Waals surface area contributed by atoms with Gasteiger partial charge in [0.05, 0.1) is 12.2 Å². The zero-order valence-corrected chi connectivity index (χ0v) is 11.1. The Morgan fingerprint density at radius 2 is 2.14 bits per heavy atom. The van der Waals surface area contributed by atoms with Crippen LogP contribution in [0.5, 0.6) is 0 Å². The van der Waals surface area contributed by atoms with Crippen LogP contribution in [-0.2, 0) is 17.5 Å². The lowest BCUT2D eigenvalue weighted by molar-refractivity contribution is -0.142. The number of alkyl halides is 3. The minimum Gasteiger partial charge on any atom is -0.349 e. The second-order valence-electron chi connectivity index (χ2n) is 4.39. The summed E-state index contributed by atoms with van der Waals surface area (Å²) in [5.41, 5.74) is -0.360. The average Bonchev–Trinajstić information content (AvgIpc) is 2.95. The summed E-state index contributed by atoms with van der Waals surface area (Å²) < 4.78 is 38.3. The Kier molecular flexibility index (Phi) is 4.25. The first-order chi connectivity index (χ1) is 9.88. The van der Waals surface area contributed by atoms with Crippen LogP contribution in [0.25, 0.3) is 0 Å². The van der Waals surface area contributed by atoms with Crippen LogP contribution in [0.2, 0.25) is 0 Å². The summed E-state index contributed by atoms with van der Waals surface area (Å²) in [6.45, 7) is 1.68. The molecule has 1 N–H and O–H groups in total. The summed E-state index contributed by atoms with van der Waals surface area (Å²) in [7, 11) is 0. The first-order valence-electron chi connectivity index (χ1n) is 6.18. The van der Waals surface area contributed by atoms with Crippen molar-refractivity contribution in [3.8, 4) is 0 Å². The third-order valence-corrected chi connectivity index (χ3v) is 2.84.